The number of methoxy groups -OCH3 is 1. The van der Waals surface area contributed by atoms with Gasteiger partial charge < -0.3 is 30.3 Å². The summed E-state index contributed by atoms with van der Waals surface area (Å²) in [5.74, 6) is -0.503. The molecule has 11 heteroatoms. The number of likely N-dealkylation sites (tertiary alicyclic amines) is 1. The highest BCUT2D eigenvalue weighted by Gasteiger charge is 2.46. The molecule has 4 amide bonds. The average molecular weight is 572 g/mol. The fraction of sp³-hybridized carbons (Fsp3) is 0.600. The summed E-state index contributed by atoms with van der Waals surface area (Å²) in [5, 5.41) is 8.54. The zero-order valence-electron chi connectivity index (χ0n) is 25.4. The highest BCUT2D eigenvalue weighted by atomic mass is 16.5. The number of hydrogen-bond donors (Lipinski definition) is 3. The van der Waals surface area contributed by atoms with Crippen LogP contribution in [0.5, 0.6) is 11.5 Å². The van der Waals surface area contributed by atoms with Crippen molar-refractivity contribution in [3.05, 3.63) is 30.0 Å². The minimum absolute atomic E-state index is 0.119. The van der Waals surface area contributed by atoms with Gasteiger partial charge in [-0.25, -0.2) is 0 Å². The third-order valence-corrected chi connectivity index (χ3v) is 7.60. The van der Waals surface area contributed by atoms with Gasteiger partial charge in [-0.05, 0) is 63.6 Å². The Morgan fingerprint density at radius 3 is 2.46 bits per heavy atom. The molecule has 3 N–H and O–H groups in total. The number of amides is 4. The zero-order chi connectivity index (χ0) is 30.4. The van der Waals surface area contributed by atoms with Crippen molar-refractivity contribution in [3.8, 4) is 11.5 Å². The third-order valence-electron chi connectivity index (χ3n) is 7.60. The van der Waals surface area contributed by atoms with Crippen molar-refractivity contribution >= 4 is 29.7 Å². The second kappa shape index (κ2) is 13.8. The molecule has 0 unspecified atom stereocenters. The predicted octanol–water partition coefficient (Wildman–Crippen LogP) is 1.77. The number of rotatable bonds is 8. The van der Waals surface area contributed by atoms with Gasteiger partial charge in [0.05, 0.1) is 13.2 Å². The molecule has 0 radical (unpaired) electrons. The van der Waals surface area contributed by atoms with Crippen LogP contribution in [0.2, 0.25) is 0 Å². The Morgan fingerprint density at radius 1 is 1.15 bits per heavy atom. The maximum atomic E-state index is 14.0. The van der Waals surface area contributed by atoms with Gasteiger partial charge in [-0.3, -0.25) is 24.1 Å². The van der Waals surface area contributed by atoms with E-state index in [1.54, 1.807) is 57.3 Å². The van der Waals surface area contributed by atoms with E-state index in [1.807, 2.05) is 27.7 Å². The van der Waals surface area contributed by atoms with E-state index in [0.717, 1.165) is 0 Å². The highest BCUT2D eigenvalue weighted by Crippen LogP contribution is 2.30. The van der Waals surface area contributed by atoms with Crippen molar-refractivity contribution in [2.45, 2.75) is 77.7 Å². The van der Waals surface area contributed by atoms with Crippen LogP contribution in [-0.4, -0.2) is 91.4 Å². The molecule has 0 saturated carbocycles. The van der Waals surface area contributed by atoms with Gasteiger partial charge in [0.15, 0.2) is 0 Å². The van der Waals surface area contributed by atoms with Crippen LogP contribution < -0.4 is 25.4 Å². The fourth-order valence-electron chi connectivity index (χ4n) is 5.01. The Hall–Kier alpha value is -3.60. The first-order chi connectivity index (χ1) is 19.3. The first kappa shape index (κ1) is 31.9. The standard InChI is InChI=1S/C30H45N5O6/c1-17(2)15-22-28(37)31-13-11-20-16-21(9-10-23(20)40-8)41-24-12-14-35(26(24)29(38)32-22)30(39)25(18(3)4)33-27(36)19(5)34(6)7/h9-11,13,16-19,22,24-26H,12,14-15H2,1-8H3,(H,31,37)(H,32,38)(H,33,36)/t19-,22-,24-,25+,26+/m0/s1. The van der Waals surface area contributed by atoms with Crippen molar-refractivity contribution < 1.29 is 28.7 Å². The molecule has 2 aliphatic heterocycles. The van der Waals surface area contributed by atoms with E-state index in [9.17, 15) is 19.2 Å². The number of fused-ring (bicyclic) bond motifs is 3. The number of carbonyl (C=O) groups is 4. The summed E-state index contributed by atoms with van der Waals surface area (Å²) < 4.78 is 11.8. The fourth-order valence-corrected chi connectivity index (χ4v) is 5.01. The summed E-state index contributed by atoms with van der Waals surface area (Å²) in [5.41, 5.74) is 0.685. The summed E-state index contributed by atoms with van der Waals surface area (Å²) in [6.45, 7) is 9.66. The molecule has 1 aromatic rings. The number of ether oxygens (including phenoxy) is 2. The largest absolute Gasteiger partial charge is 0.496 e. The van der Waals surface area contributed by atoms with Gasteiger partial charge in [-0.1, -0.05) is 27.7 Å². The summed E-state index contributed by atoms with van der Waals surface area (Å²) in [7, 11) is 5.14. The van der Waals surface area contributed by atoms with Crippen LogP contribution >= 0.6 is 0 Å². The molecule has 1 saturated heterocycles. The molecule has 1 aromatic carbocycles. The molecule has 3 rings (SSSR count). The maximum Gasteiger partial charge on any atom is 0.247 e. The van der Waals surface area contributed by atoms with Crippen LogP contribution in [0.15, 0.2) is 24.4 Å². The molecule has 2 heterocycles. The Bertz CT molecular complexity index is 1150. The van der Waals surface area contributed by atoms with E-state index in [1.165, 1.54) is 11.1 Å². The maximum absolute atomic E-state index is 14.0. The van der Waals surface area contributed by atoms with Crippen molar-refractivity contribution in [2.75, 3.05) is 27.7 Å². The molecule has 1 fully saturated rings. The summed E-state index contributed by atoms with van der Waals surface area (Å²) in [4.78, 5) is 57.2. The molecule has 2 bridgehead atoms. The number of likely N-dealkylation sites (N-methyl/N-ethyl adjacent to an activating group) is 1. The average Bonchev–Trinajstić information content (AvgIpc) is 3.33. The van der Waals surface area contributed by atoms with Crippen LogP contribution in [-0.2, 0) is 19.2 Å². The topological polar surface area (TPSA) is 129 Å². The lowest BCUT2D eigenvalue weighted by atomic mass is 10.0. The van der Waals surface area contributed by atoms with Crippen molar-refractivity contribution in [2.24, 2.45) is 11.8 Å². The van der Waals surface area contributed by atoms with Crippen molar-refractivity contribution in [1.82, 2.24) is 25.8 Å². The van der Waals surface area contributed by atoms with Gasteiger partial charge in [0.2, 0.25) is 23.6 Å². The molecule has 2 aliphatic rings. The molecule has 41 heavy (non-hydrogen) atoms. The first-order valence-corrected chi connectivity index (χ1v) is 14.2. The molecule has 226 valence electrons. The SMILES string of the molecule is COc1ccc2cc1C=CNC(=O)[C@H](CC(C)C)NC(=O)[C@H]1[C@H](CCN1C(=O)[C@H](NC(=O)[C@H](C)N(C)C)C(C)C)O2. The molecule has 0 aliphatic carbocycles. The summed E-state index contributed by atoms with van der Waals surface area (Å²) in [6, 6.07) is 2.15. The summed E-state index contributed by atoms with van der Waals surface area (Å²) >= 11 is 0. The van der Waals surface area contributed by atoms with E-state index < -0.39 is 36.2 Å². The monoisotopic (exact) mass is 571 g/mol. The van der Waals surface area contributed by atoms with Crippen molar-refractivity contribution in [1.29, 1.82) is 0 Å². The zero-order valence-corrected chi connectivity index (χ0v) is 25.4. The third kappa shape index (κ3) is 7.78. The molecular formula is C30H45N5O6. The highest BCUT2D eigenvalue weighted by molar-refractivity contribution is 5.96. The van der Waals surface area contributed by atoms with Gasteiger partial charge in [0.1, 0.15) is 35.7 Å². The number of benzene rings is 1. The quantitative estimate of drug-likeness (QED) is 0.434. The normalized spacial score (nSPS) is 22.5. The number of hydrogen-bond acceptors (Lipinski definition) is 7. The Labute approximate surface area is 243 Å². The van der Waals surface area contributed by atoms with Crippen molar-refractivity contribution in [3.63, 3.8) is 0 Å². The minimum Gasteiger partial charge on any atom is -0.496 e. The van der Waals surface area contributed by atoms with Gasteiger partial charge >= 0.3 is 0 Å². The smallest absolute Gasteiger partial charge is 0.247 e. The summed E-state index contributed by atoms with van der Waals surface area (Å²) in [6.07, 6.45) is 3.36. The van der Waals surface area contributed by atoms with Crippen LogP contribution in [0.3, 0.4) is 0 Å². The lowest BCUT2D eigenvalue weighted by Crippen LogP contribution is -2.60. The Kier molecular flexibility index (Phi) is 10.8. The predicted molar refractivity (Wildman–Crippen MR) is 156 cm³/mol. The number of nitrogens with one attached hydrogen (secondary N) is 3. The second-order valence-corrected chi connectivity index (χ2v) is 11.7. The van der Waals surface area contributed by atoms with E-state index in [2.05, 4.69) is 16.0 Å². The second-order valence-electron chi connectivity index (χ2n) is 11.7. The molecule has 0 aromatic heterocycles. The van der Waals surface area contributed by atoms with Gasteiger partial charge in [0, 0.05) is 24.7 Å². The van der Waals surface area contributed by atoms with Crippen LogP contribution in [0.1, 0.15) is 53.0 Å². The molecular weight excluding hydrogens is 526 g/mol. The van der Waals surface area contributed by atoms with Gasteiger partial charge in [0.25, 0.3) is 0 Å². The molecule has 0 spiro atoms. The number of carbonyl (C=O) groups excluding carboxylic acids is 4. The Balaban J connectivity index is 2.00. The van der Waals surface area contributed by atoms with Crippen LogP contribution in [0.4, 0.5) is 0 Å². The van der Waals surface area contributed by atoms with E-state index >= 15 is 0 Å². The lowest BCUT2D eigenvalue weighted by Gasteiger charge is -2.33. The first-order valence-electron chi connectivity index (χ1n) is 14.2. The molecule has 11 nitrogen and oxygen atoms in total. The molecule has 5 atom stereocenters. The lowest BCUT2D eigenvalue weighted by molar-refractivity contribution is -0.145. The van der Waals surface area contributed by atoms with Gasteiger partial charge in [-0.2, -0.15) is 0 Å². The van der Waals surface area contributed by atoms with Crippen LogP contribution in [0.25, 0.3) is 6.08 Å². The Morgan fingerprint density at radius 2 is 1.85 bits per heavy atom. The van der Waals surface area contributed by atoms with E-state index in [4.69, 9.17) is 9.47 Å². The van der Waals surface area contributed by atoms with E-state index in [0.29, 0.717) is 29.9 Å². The van der Waals surface area contributed by atoms with Crippen LogP contribution in [0, 0.1) is 11.8 Å². The van der Waals surface area contributed by atoms with E-state index in [-0.39, 0.29) is 36.1 Å². The van der Waals surface area contributed by atoms with Gasteiger partial charge in [-0.15, -0.1) is 0 Å². The minimum atomic E-state index is -1.01. The number of nitrogens with zero attached hydrogens (tertiary/aromatic N) is 2.